The Balaban J connectivity index is 1.44. The largest absolute Gasteiger partial charge is 0.369 e. The minimum Gasteiger partial charge on any atom is -0.369 e. The van der Waals surface area contributed by atoms with Gasteiger partial charge in [0.25, 0.3) is 5.91 Å². The summed E-state index contributed by atoms with van der Waals surface area (Å²) in [5.41, 5.74) is 2.35. The second-order valence-corrected chi connectivity index (χ2v) is 6.26. The fourth-order valence-electron chi connectivity index (χ4n) is 3.07. The van der Waals surface area contributed by atoms with Crippen LogP contribution in [-0.2, 0) is 6.54 Å². The molecule has 0 radical (unpaired) electrons. The summed E-state index contributed by atoms with van der Waals surface area (Å²) in [7, 11) is 0. The van der Waals surface area contributed by atoms with E-state index in [1.807, 2.05) is 24.3 Å². The lowest BCUT2D eigenvalue weighted by Crippen LogP contribution is -2.27. The molecule has 0 fully saturated rings. The third-order valence-electron chi connectivity index (χ3n) is 4.42. The molecule has 3 N–H and O–H groups in total. The first-order valence-electron chi connectivity index (χ1n) is 9.02. The van der Waals surface area contributed by atoms with Crippen LogP contribution in [0, 0.1) is 0 Å². The number of amides is 1. The lowest BCUT2D eigenvalue weighted by atomic mass is 10.1. The number of anilines is 1. The first-order chi connectivity index (χ1) is 13.3. The molecule has 1 amide bonds. The Morgan fingerprint density at radius 1 is 1.19 bits per heavy atom. The topological polar surface area (TPSA) is 101 Å². The molecule has 3 heterocycles. The minimum absolute atomic E-state index is 0.108. The standard InChI is InChI=1S/C19H21N7O/c1-2-7-20-17-15-11-25-26(18(15)24-12-23-17)9-8-21-19(27)14-10-22-16-6-4-3-5-13(14)16/h3-6,10-12,22H,2,7-9H2,1H3,(H,21,27)(H,20,23,24). The first kappa shape index (κ1) is 17.0. The van der Waals surface area contributed by atoms with Crippen LogP contribution < -0.4 is 10.6 Å². The van der Waals surface area contributed by atoms with Gasteiger partial charge in [0.15, 0.2) is 5.65 Å². The Hall–Kier alpha value is -3.42. The molecule has 0 spiro atoms. The van der Waals surface area contributed by atoms with Crippen molar-refractivity contribution in [2.45, 2.75) is 19.9 Å². The van der Waals surface area contributed by atoms with E-state index in [4.69, 9.17) is 0 Å². The van der Waals surface area contributed by atoms with Gasteiger partial charge < -0.3 is 15.6 Å². The van der Waals surface area contributed by atoms with Crippen LogP contribution >= 0.6 is 0 Å². The van der Waals surface area contributed by atoms with Gasteiger partial charge in [0.1, 0.15) is 12.1 Å². The van der Waals surface area contributed by atoms with Gasteiger partial charge in [-0.3, -0.25) is 4.79 Å². The van der Waals surface area contributed by atoms with Crippen LogP contribution in [0.2, 0.25) is 0 Å². The number of hydrogen-bond donors (Lipinski definition) is 3. The lowest BCUT2D eigenvalue weighted by Gasteiger charge is -2.07. The van der Waals surface area contributed by atoms with E-state index in [-0.39, 0.29) is 5.91 Å². The van der Waals surface area contributed by atoms with Gasteiger partial charge in [0, 0.05) is 30.2 Å². The highest BCUT2D eigenvalue weighted by Crippen LogP contribution is 2.19. The van der Waals surface area contributed by atoms with Gasteiger partial charge in [-0.1, -0.05) is 25.1 Å². The number of nitrogens with one attached hydrogen (secondary N) is 3. The van der Waals surface area contributed by atoms with Crippen molar-refractivity contribution in [1.29, 1.82) is 0 Å². The molecule has 3 aromatic heterocycles. The molecular weight excluding hydrogens is 342 g/mol. The van der Waals surface area contributed by atoms with Crippen molar-refractivity contribution in [2.75, 3.05) is 18.4 Å². The van der Waals surface area contributed by atoms with Crippen molar-refractivity contribution in [1.82, 2.24) is 30.0 Å². The third-order valence-corrected chi connectivity index (χ3v) is 4.42. The molecule has 0 saturated carbocycles. The van der Waals surface area contributed by atoms with Crippen molar-refractivity contribution >= 4 is 33.7 Å². The van der Waals surface area contributed by atoms with Crippen LogP contribution in [0.15, 0.2) is 43.0 Å². The minimum atomic E-state index is -0.108. The predicted octanol–water partition coefficient (Wildman–Crippen LogP) is 2.56. The predicted molar refractivity (Wildman–Crippen MR) is 105 cm³/mol. The molecule has 0 atom stereocenters. The van der Waals surface area contributed by atoms with E-state index in [1.165, 1.54) is 6.33 Å². The number of H-pyrrole nitrogens is 1. The van der Waals surface area contributed by atoms with Crippen molar-refractivity contribution in [3.05, 3.63) is 48.5 Å². The van der Waals surface area contributed by atoms with Gasteiger partial charge in [-0.25, -0.2) is 14.6 Å². The highest BCUT2D eigenvalue weighted by Gasteiger charge is 2.12. The molecule has 4 aromatic rings. The molecule has 0 aliphatic heterocycles. The summed E-state index contributed by atoms with van der Waals surface area (Å²) in [5, 5.41) is 12.4. The average molecular weight is 363 g/mol. The second kappa shape index (κ2) is 7.45. The fraction of sp³-hybridized carbons (Fsp3) is 0.263. The maximum absolute atomic E-state index is 12.5. The maximum Gasteiger partial charge on any atom is 0.253 e. The summed E-state index contributed by atoms with van der Waals surface area (Å²) in [6, 6.07) is 7.75. The van der Waals surface area contributed by atoms with Crippen molar-refractivity contribution in [3.8, 4) is 0 Å². The summed E-state index contributed by atoms with van der Waals surface area (Å²) in [4.78, 5) is 24.2. The summed E-state index contributed by atoms with van der Waals surface area (Å²) in [6.45, 7) is 3.93. The molecule has 4 rings (SSSR count). The Bertz CT molecular complexity index is 1080. The molecule has 0 aliphatic carbocycles. The van der Waals surface area contributed by atoms with E-state index >= 15 is 0 Å². The number of para-hydroxylation sites is 1. The summed E-state index contributed by atoms with van der Waals surface area (Å²) in [6.07, 6.45) is 6.04. The van der Waals surface area contributed by atoms with E-state index in [2.05, 4.69) is 37.6 Å². The van der Waals surface area contributed by atoms with E-state index < -0.39 is 0 Å². The number of aromatic nitrogens is 5. The SMILES string of the molecule is CCCNc1ncnc2c1cnn2CCNC(=O)c1c[nH]c2ccccc12. The maximum atomic E-state index is 12.5. The summed E-state index contributed by atoms with van der Waals surface area (Å²) < 4.78 is 1.78. The zero-order valence-corrected chi connectivity index (χ0v) is 15.1. The van der Waals surface area contributed by atoms with Crippen LogP contribution in [0.3, 0.4) is 0 Å². The number of rotatable bonds is 7. The van der Waals surface area contributed by atoms with Gasteiger partial charge >= 0.3 is 0 Å². The molecular formula is C19H21N7O. The normalized spacial score (nSPS) is 11.1. The van der Waals surface area contributed by atoms with Gasteiger partial charge in [-0.2, -0.15) is 5.10 Å². The number of fused-ring (bicyclic) bond motifs is 2. The van der Waals surface area contributed by atoms with E-state index in [9.17, 15) is 4.79 Å². The Kier molecular flexibility index (Phi) is 4.69. The number of carbonyl (C=O) groups is 1. The van der Waals surface area contributed by atoms with E-state index in [0.29, 0.717) is 18.7 Å². The highest BCUT2D eigenvalue weighted by atomic mass is 16.1. The van der Waals surface area contributed by atoms with Crippen molar-refractivity contribution in [3.63, 3.8) is 0 Å². The van der Waals surface area contributed by atoms with E-state index in [1.54, 1.807) is 17.1 Å². The van der Waals surface area contributed by atoms with Crippen LogP contribution in [0.25, 0.3) is 21.9 Å². The summed E-state index contributed by atoms with van der Waals surface area (Å²) in [5.74, 6) is 0.680. The lowest BCUT2D eigenvalue weighted by molar-refractivity contribution is 0.0953. The number of carbonyl (C=O) groups excluding carboxylic acids is 1. The molecule has 27 heavy (non-hydrogen) atoms. The smallest absolute Gasteiger partial charge is 0.253 e. The molecule has 8 nitrogen and oxygen atoms in total. The van der Waals surface area contributed by atoms with Gasteiger partial charge in [0.05, 0.1) is 23.7 Å². The third kappa shape index (κ3) is 3.33. The molecule has 0 saturated heterocycles. The molecule has 0 unspecified atom stereocenters. The number of hydrogen-bond acceptors (Lipinski definition) is 5. The Morgan fingerprint density at radius 2 is 2.07 bits per heavy atom. The van der Waals surface area contributed by atoms with Crippen LogP contribution in [-0.4, -0.2) is 43.7 Å². The van der Waals surface area contributed by atoms with Gasteiger partial charge in [-0.05, 0) is 12.5 Å². The molecule has 8 heteroatoms. The van der Waals surface area contributed by atoms with Crippen LogP contribution in [0.5, 0.6) is 0 Å². The van der Waals surface area contributed by atoms with Crippen LogP contribution in [0.1, 0.15) is 23.7 Å². The molecule has 138 valence electrons. The monoisotopic (exact) mass is 363 g/mol. The molecule has 0 bridgehead atoms. The zero-order valence-electron chi connectivity index (χ0n) is 15.1. The highest BCUT2D eigenvalue weighted by molar-refractivity contribution is 6.06. The summed E-state index contributed by atoms with van der Waals surface area (Å²) >= 11 is 0. The zero-order chi connectivity index (χ0) is 18.6. The van der Waals surface area contributed by atoms with Crippen molar-refractivity contribution < 1.29 is 4.79 Å². The van der Waals surface area contributed by atoms with Crippen LogP contribution in [0.4, 0.5) is 5.82 Å². The number of nitrogens with zero attached hydrogens (tertiary/aromatic N) is 4. The fourth-order valence-corrected chi connectivity index (χ4v) is 3.07. The van der Waals surface area contributed by atoms with Gasteiger partial charge in [0.2, 0.25) is 0 Å². The quantitative estimate of drug-likeness (QED) is 0.468. The first-order valence-corrected chi connectivity index (χ1v) is 9.02. The second-order valence-electron chi connectivity index (χ2n) is 6.26. The van der Waals surface area contributed by atoms with E-state index in [0.717, 1.165) is 40.7 Å². The van der Waals surface area contributed by atoms with Crippen molar-refractivity contribution in [2.24, 2.45) is 0 Å². The molecule has 1 aromatic carbocycles. The Morgan fingerprint density at radius 3 is 2.96 bits per heavy atom. The average Bonchev–Trinajstić information content (AvgIpc) is 3.31. The van der Waals surface area contributed by atoms with Gasteiger partial charge in [-0.15, -0.1) is 0 Å². The molecule has 0 aliphatic rings. The number of aromatic amines is 1. The Labute approximate surface area is 156 Å². The number of benzene rings is 1.